The Morgan fingerprint density at radius 2 is 0.812 bits per heavy atom. The molecular formula is C51H42F4N8O. The number of amides is 1. The van der Waals surface area contributed by atoms with Gasteiger partial charge in [0, 0.05) is 104 Å². The van der Waals surface area contributed by atoms with E-state index in [1.165, 1.54) is 36.4 Å². The molecule has 8 aromatic rings. The summed E-state index contributed by atoms with van der Waals surface area (Å²) in [5.74, 6) is -2.09. The van der Waals surface area contributed by atoms with E-state index in [1.807, 2.05) is 41.3 Å². The molecule has 2 saturated heterocycles. The first-order valence-corrected chi connectivity index (χ1v) is 21.2. The van der Waals surface area contributed by atoms with Gasteiger partial charge in [0.15, 0.2) is 0 Å². The van der Waals surface area contributed by atoms with E-state index in [2.05, 4.69) is 21.7 Å². The van der Waals surface area contributed by atoms with Gasteiger partial charge in [-0.25, -0.2) is 37.5 Å². The van der Waals surface area contributed by atoms with Crippen molar-refractivity contribution in [2.75, 3.05) is 69.2 Å². The van der Waals surface area contributed by atoms with Gasteiger partial charge in [-0.2, -0.15) is 0 Å². The summed E-state index contributed by atoms with van der Waals surface area (Å²) in [6, 6.07) is 32.5. The number of carbonyl (C=O) groups is 1. The minimum absolute atomic E-state index is 0.0124. The number of halogens is 4. The number of carbonyl (C=O) groups excluding carboxylic acids is 1. The number of hydrogen-bond acceptors (Lipinski definition) is 8. The van der Waals surface area contributed by atoms with Crippen LogP contribution in [-0.4, -0.2) is 95.0 Å². The van der Waals surface area contributed by atoms with E-state index in [0.717, 1.165) is 37.6 Å². The van der Waals surface area contributed by atoms with Crippen LogP contribution < -0.4 is 9.80 Å². The van der Waals surface area contributed by atoms with Crippen molar-refractivity contribution in [2.24, 2.45) is 0 Å². The van der Waals surface area contributed by atoms with Gasteiger partial charge in [-0.3, -0.25) is 4.79 Å². The second-order valence-corrected chi connectivity index (χ2v) is 16.4. The van der Waals surface area contributed by atoms with Crippen LogP contribution in [0.1, 0.15) is 6.92 Å². The molecule has 0 spiro atoms. The Labute approximate surface area is 367 Å². The summed E-state index contributed by atoms with van der Waals surface area (Å²) >= 11 is 0. The SMILES string of the molecule is CC(=O)N1CCN(c2ccc3nc(-c4ccc(F)c(-c5cc(-c6nc7cc(N8CCN(C)CC8)ccc7nc6-c6ccc(F)cc6)ccc5F)c4)c(-c4ccc(F)cc4)nc3c2)CC1. The minimum Gasteiger partial charge on any atom is -0.369 e. The highest BCUT2D eigenvalue weighted by atomic mass is 19.1. The lowest BCUT2D eigenvalue weighted by Crippen LogP contribution is -2.48. The van der Waals surface area contributed by atoms with E-state index >= 15 is 8.78 Å². The molecule has 0 unspecified atom stereocenters. The van der Waals surface area contributed by atoms with Gasteiger partial charge in [0.2, 0.25) is 5.91 Å². The monoisotopic (exact) mass is 858 g/mol. The zero-order valence-corrected chi connectivity index (χ0v) is 35.2. The molecule has 0 aliphatic carbocycles. The molecule has 2 aliphatic heterocycles. The van der Waals surface area contributed by atoms with Crippen molar-refractivity contribution in [2.45, 2.75) is 6.92 Å². The maximum atomic E-state index is 16.2. The molecule has 13 heteroatoms. The third-order valence-corrected chi connectivity index (χ3v) is 12.3. The fraction of sp³-hybridized carbons (Fsp3) is 0.196. The van der Waals surface area contributed by atoms with Crippen molar-refractivity contribution in [1.29, 1.82) is 0 Å². The van der Waals surface area contributed by atoms with E-state index in [1.54, 1.807) is 55.5 Å². The highest BCUT2D eigenvalue weighted by Crippen LogP contribution is 2.39. The third-order valence-electron chi connectivity index (χ3n) is 12.3. The number of piperazine rings is 2. The Hall–Kier alpha value is -7.25. The van der Waals surface area contributed by atoms with Crippen LogP contribution in [0.3, 0.4) is 0 Å². The zero-order valence-electron chi connectivity index (χ0n) is 35.2. The molecule has 320 valence electrons. The highest BCUT2D eigenvalue weighted by molar-refractivity contribution is 5.91. The highest BCUT2D eigenvalue weighted by Gasteiger charge is 2.23. The number of anilines is 2. The number of likely N-dealkylation sites (N-methyl/N-ethyl adjacent to an activating group) is 1. The molecule has 10 rings (SSSR count). The molecule has 6 aromatic carbocycles. The van der Waals surface area contributed by atoms with E-state index in [0.29, 0.717) is 93.3 Å². The van der Waals surface area contributed by atoms with E-state index in [4.69, 9.17) is 19.9 Å². The molecule has 64 heavy (non-hydrogen) atoms. The lowest BCUT2D eigenvalue weighted by molar-refractivity contribution is -0.129. The Morgan fingerprint density at radius 3 is 1.23 bits per heavy atom. The van der Waals surface area contributed by atoms with Crippen LogP contribution in [0, 0.1) is 23.3 Å². The Morgan fingerprint density at radius 1 is 0.438 bits per heavy atom. The first kappa shape index (κ1) is 40.8. The van der Waals surface area contributed by atoms with Gasteiger partial charge in [0.25, 0.3) is 0 Å². The lowest BCUT2D eigenvalue weighted by Gasteiger charge is -2.35. The van der Waals surface area contributed by atoms with Crippen LogP contribution in [0.15, 0.2) is 121 Å². The standard InChI is InChI=1S/C51H42F4N8O/c1-31(64)61-23-25-63(26-24-61)39-14-18-45-46(30-39)58-49(33-5-11-37(53)12-6-33)50(57-45)34-7-15-42(54)40(27-34)41-28-35(8-16-43(41)55)51-48(32-3-9-36(52)10-4-32)56-44-17-13-38(29-47(44)59-51)62-21-19-60(2)20-22-62/h3-18,27-30H,19-26H2,1-2H3. The maximum absolute atomic E-state index is 16.2. The van der Waals surface area contributed by atoms with Gasteiger partial charge in [-0.1, -0.05) is 0 Å². The smallest absolute Gasteiger partial charge is 0.219 e. The number of hydrogen-bond donors (Lipinski definition) is 0. The van der Waals surface area contributed by atoms with Crippen LogP contribution in [0.4, 0.5) is 28.9 Å². The molecule has 0 bridgehead atoms. The first-order chi connectivity index (χ1) is 31.0. The molecule has 0 N–H and O–H groups in total. The number of rotatable bonds is 7. The molecular weight excluding hydrogens is 817 g/mol. The lowest BCUT2D eigenvalue weighted by atomic mass is 9.95. The summed E-state index contributed by atoms with van der Waals surface area (Å²) in [7, 11) is 2.10. The predicted molar refractivity (Wildman–Crippen MR) is 244 cm³/mol. The Bertz CT molecular complexity index is 3080. The van der Waals surface area contributed by atoms with Crippen molar-refractivity contribution in [1.82, 2.24) is 29.7 Å². The number of nitrogens with zero attached hydrogens (tertiary/aromatic N) is 8. The van der Waals surface area contributed by atoms with Crippen LogP contribution in [0.5, 0.6) is 0 Å². The topological polar surface area (TPSA) is 81.6 Å². The summed E-state index contributed by atoms with van der Waals surface area (Å²) < 4.78 is 60.8. The second kappa shape index (κ2) is 16.8. The van der Waals surface area contributed by atoms with Gasteiger partial charge in [0.05, 0.1) is 44.8 Å². The summed E-state index contributed by atoms with van der Waals surface area (Å²) in [4.78, 5) is 40.8. The van der Waals surface area contributed by atoms with E-state index in [9.17, 15) is 13.6 Å². The van der Waals surface area contributed by atoms with Gasteiger partial charge in [-0.15, -0.1) is 0 Å². The third kappa shape index (κ3) is 7.98. The molecule has 1 amide bonds. The number of benzene rings is 6. The van der Waals surface area contributed by atoms with Crippen LogP contribution >= 0.6 is 0 Å². The summed E-state index contributed by atoms with van der Waals surface area (Å²) in [6.07, 6.45) is 0. The van der Waals surface area contributed by atoms with Crippen molar-refractivity contribution < 1.29 is 22.4 Å². The van der Waals surface area contributed by atoms with Crippen molar-refractivity contribution in [3.63, 3.8) is 0 Å². The Balaban J connectivity index is 1.07. The van der Waals surface area contributed by atoms with Gasteiger partial charge in [0.1, 0.15) is 23.3 Å². The van der Waals surface area contributed by atoms with E-state index < -0.39 is 23.3 Å². The largest absolute Gasteiger partial charge is 0.369 e. The van der Waals surface area contributed by atoms with Gasteiger partial charge >= 0.3 is 0 Å². The summed E-state index contributed by atoms with van der Waals surface area (Å²) in [5.41, 5.74) is 8.21. The maximum Gasteiger partial charge on any atom is 0.219 e. The summed E-state index contributed by atoms with van der Waals surface area (Å²) in [5, 5.41) is 0. The molecule has 0 saturated carbocycles. The van der Waals surface area contributed by atoms with Crippen molar-refractivity contribution in [3.05, 3.63) is 145 Å². The average Bonchev–Trinajstić information content (AvgIpc) is 3.31. The van der Waals surface area contributed by atoms with Gasteiger partial charge in [-0.05, 0) is 128 Å². The van der Waals surface area contributed by atoms with Crippen molar-refractivity contribution >= 4 is 39.3 Å². The predicted octanol–water partition coefficient (Wildman–Crippen LogP) is 9.88. The molecule has 2 fully saturated rings. The van der Waals surface area contributed by atoms with Crippen molar-refractivity contribution in [3.8, 4) is 56.2 Å². The summed E-state index contributed by atoms with van der Waals surface area (Å²) in [6.45, 7) is 7.70. The fourth-order valence-corrected chi connectivity index (χ4v) is 8.60. The molecule has 0 atom stereocenters. The number of aromatic nitrogens is 4. The van der Waals surface area contributed by atoms with Gasteiger partial charge < -0.3 is 19.6 Å². The van der Waals surface area contributed by atoms with E-state index in [-0.39, 0.29) is 17.0 Å². The molecule has 4 heterocycles. The average molecular weight is 859 g/mol. The minimum atomic E-state index is -0.661. The normalized spacial score (nSPS) is 14.8. The van der Waals surface area contributed by atoms with Crippen LogP contribution in [0.2, 0.25) is 0 Å². The molecule has 0 radical (unpaired) electrons. The molecule has 9 nitrogen and oxygen atoms in total. The van der Waals surface area contributed by atoms with Crippen LogP contribution in [0.25, 0.3) is 78.2 Å². The zero-order chi connectivity index (χ0) is 44.1. The fourth-order valence-electron chi connectivity index (χ4n) is 8.60. The van der Waals surface area contributed by atoms with Crippen LogP contribution in [-0.2, 0) is 4.79 Å². The first-order valence-electron chi connectivity index (χ1n) is 21.2. The second-order valence-electron chi connectivity index (χ2n) is 16.4. The molecule has 2 aromatic heterocycles. The quantitative estimate of drug-likeness (QED) is 0.147. The molecule has 2 aliphatic rings. The number of fused-ring (bicyclic) bond motifs is 2. The Kier molecular flexibility index (Phi) is 10.7.